The standard InChI is InChI=1S/C14H24N4O/c1-17(11-12-18-10-2-7-16-18)14(19)4-3-13-5-8-15-9-6-13/h2,7,10,13,15H,3-6,8-9,11-12H2,1H3. The maximum absolute atomic E-state index is 12.0. The highest BCUT2D eigenvalue weighted by Crippen LogP contribution is 2.18. The minimum atomic E-state index is 0.255. The van der Waals surface area contributed by atoms with Gasteiger partial charge in [0.2, 0.25) is 5.91 Å². The van der Waals surface area contributed by atoms with Crippen molar-refractivity contribution in [1.82, 2.24) is 20.0 Å². The van der Waals surface area contributed by atoms with Gasteiger partial charge in [-0.25, -0.2) is 0 Å². The third-order valence-corrected chi connectivity index (χ3v) is 3.87. The van der Waals surface area contributed by atoms with Crippen LogP contribution in [0.3, 0.4) is 0 Å². The number of amides is 1. The van der Waals surface area contributed by atoms with Gasteiger partial charge >= 0.3 is 0 Å². The van der Waals surface area contributed by atoms with Crippen LogP contribution in [0.25, 0.3) is 0 Å². The van der Waals surface area contributed by atoms with Gasteiger partial charge in [-0.15, -0.1) is 0 Å². The van der Waals surface area contributed by atoms with Crippen molar-refractivity contribution in [1.29, 1.82) is 0 Å². The molecule has 0 unspecified atom stereocenters. The van der Waals surface area contributed by atoms with Gasteiger partial charge in [-0.1, -0.05) is 0 Å². The van der Waals surface area contributed by atoms with Gasteiger partial charge in [0.1, 0.15) is 0 Å². The zero-order valence-electron chi connectivity index (χ0n) is 11.7. The SMILES string of the molecule is CN(CCn1cccn1)C(=O)CCC1CCNCC1. The fraction of sp³-hybridized carbons (Fsp3) is 0.714. The van der Waals surface area contributed by atoms with Gasteiger partial charge in [0, 0.05) is 32.4 Å². The molecule has 2 heterocycles. The zero-order valence-corrected chi connectivity index (χ0v) is 11.7. The van der Waals surface area contributed by atoms with Crippen LogP contribution < -0.4 is 5.32 Å². The predicted molar refractivity (Wildman–Crippen MR) is 74.7 cm³/mol. The molecule has 0 aliphatic carbocycles. The molecule has 0 bridgehead atoms. The lowest BCUT2D eigenvalue weighted by Crippen LogP contribution is -2.32. The van der Waals surface area contributed by atoms with E-state index in [-0.39, 0.29) is 5.91 Å². The topological polar surface area (TPSA) is 50.2 Å². The molecule has 0 atom stereocenters. The third-order valence-electron chi connectivity index (χ3n) is 3.87. The number of nitrogens with one attached hydrogen (secondary N) is 1. The molecule has 1 N–H and O–H groups in total. The first-order valence-corrected chi connectivity index (χ1v) is 7.18. The Labute approximate surface area is 115 Å². The fourth-order valence-electron chi connectivity index (χ4n) is 2.50. The lowest BCUT2D eigenvalue weighted by molar-refractivity contribution is -0.130. The number of likely N-dealkylation sites (N-methyl/N-ethyl adjacent to an activating group) is 1. The van der Waals surface area contributed by atoms with E-state index >= 15 is 0 Å². The van der Waals surface area contributed by atoms with Crippen LogP contribution in [0.2, 0.25) is 0 Å². The Morgan fingerprint density at radius 1 is 1.47 bits per heavy atom. The predicted octanol–water partition coefficient (Wildman–Crippen LogP) is 1.12. The third kappa shape index (κ3) is 4.67. The van der Waals surface area contributed by atoms with E-state index in [0.717, 1.165) is 38.5 Å². The summed E-state index contributed by atoms with van der Waals surface area (Å²) in [6.07, 6.45) is 7.83. The number of hydrogen-bond acceptors (Lipinski definition) is 3. The summed E-state index contributed by atoms with van der Waals surface area (Å²) in [6, 6.07) is 1.90. The van der Waals surface area contributed by atoms with Crippen LogP contribution in [0.5, 0.6) is 0 Å². The number of hydrogen-bond donors (Lipinski definition) is 1. The first-order valence-electron chi connectivity index (χ1n) is 7.18. The summed E-state index contributed by atoms with van der Waals surface area (Å²) in [5.41, 5.74) is 0. The monoisotopic (exact) mass is 264 g/mol. The Bertz CT molecular complexity index is 371. The van der Waals surface area contributed by atoms with E-state index in [4.69, 9.17) is 0 Å². The lowest BCUT2D eigenvalue weighted by Gasteiger charge is -2.23. The average Bonchev–Trinajstić information content (AvgIpc) is 2.96. The summed E-state index contributed by atoms with van der Waals surface area (Å²) in [7, 11) is 1.88. The van der Waals surface area contributed by atoms with Gasteiger partial charge in [-0.3, -0.25) is 9.48 Å². The lowest BCUT2D eigenvalue weighted by atomic mass is 9.93. The Kier molecular flexibility index (Phi) is 5.39. The fourth-order valence-corrected chi connectivity index (χ4v) is 2.50. The average molecular weight is 264 g/mol. The van der Waals surface area contributed by atoms with Crippen molar-refractivity contribution >= 4 is 5.91 Å². The molecular formula is C14H24N4O. The van der Waals surface area contributed by atoms with E-state index in [2.05, 4.69) is 10.4 Å². The van der Waals surface area contributed by atoms with Crippen LogP contribution in [-0.2, 0) is 11.3 Å². The summed E-state index contributed by atoms with van der Waals surface area (Å²) >= 11 is 0. The number of rotatable bonds is 6. The molecule has 1 aromatic rings. The van der Waals surface area contributed by atoms with Gasteiger partial charge < -0.3 is 10.2 Å². The van der Waals surface area contributed by atoms with Crippen LogP contribution in [0.1, 0.15) is 25.7 Å². The number of carbonyl (C=O) groups excluding carboxylic acids is 1. The molecule has 1 saturated heterocycles. The minimum Gasteiger partial charge on any atom is -0.344 e. The van der Waals surface area contributed by atoms with Gasteiger partial charge in [0.15, 0.2) is 0 Å². The molecule has 2 rings (SSSR count). The highest BCUT2D eigenvalue weighted by Gasteiger charge is 2.16. The van der Waals surface area contributed by atoms with Crippen molar-refractivity contribution in [3.8, 4) is 0 Å². The molecule has 1 aromatic heterocycles. The van der Waals surface area contributed by atoms with Crippen LogP contribution >= 0.6 is 0 Å². The maximum atomic E-state index is 12.0. The number of nitrogens with zero attached hydrogens (tertiary/aromatic N) is 3. The zero-order chi connectivity index (χ0) is 13.5. The van der Waals surface area contributed by atoms with E-state index in [1.54, 1.807) is 6.20 Å². The maximum Gasteiger partial charge on any atom is 0.222 e. The van der Waals surface area contributed by atoms with Gasteiger partial charge in [-0.2, -0.15) is 5.10 Å². The van der Waals surface area contributed by atoms with Crippen LogP contribution in [0.4, 0.5) is 0 Å². The van der Waals surface area contributed by atoms with E-state index in [9.17, 15) is 4.79 Å². The number of aromatic nitrogens is 2. The molecule has 5 nitrogen and oxygen atoms in total. The van der Waals surface area contributed by atoms with Crippen molar-refractivity contribution in [3.63, 3.8) is 0 Å². The van der Waals surface area contributed by atoms with Crippen molar-refractivity contribution in [2.45, 2.75) is 32.2 Å². The van der Waals surface area contributed by atoms with E-state index in [1.165, 1.54) is 12.8 Å². The molecule has 1 fully saturated rings. The van der Waals surface area contributed by atoms with Gasteiger partial charge in [-0.05, 0) is 44.3 Å². The Hall–Kier alpha value is -1.36. The first-order chi connectivity index (χ1) is 9.25. The molecule has 19 heavy (non-hydrogen) atoms. The Morgan fingerprint density at radius 3 is 2.95 bits per heavy atom. The summed E-state index contributed by atoms with van der Waals surface area (Å²) in [4.78, 5) is 13.8. The number of carbonyl (C=O) groups is 1. The van der Waals surface area contributed by atoms with Crippen LogP contribution in [0, 0.1) is 5.92 Å². The quantitative estimate of drug-likeness (QED) is 0.837. The second kappa shape index (κ2) is 7.28. The summed E-state index contributed by atoms with van der Waals surface area (Å²) in [5.74, 6) is 0.982. The highest BCUT2D eigenvalue weighted by atomic mass is 16.2. The van der Waals surface area contributed by atoms with Crippen LogP contribution in [-0.4, -0.2) is 47.3 Å². The number of piperidine rings is 1. The second-order valence-electron chi connectivity index (χ2n) is 5.32. The summed E-state index contributed by atoms with van der Waals surface area (Å²) in [5, 5.41) is 7.49. The molecule has 1 amide bonds. The molecule has 0 saturated carbocycles. The van der Waals surface area contributed by atoms with E-state index in [1.807, 2.05) is 28.9 Å². The molecule has 1 aliphatic rings. The van der Waals surface area contributed by atoms with Crippen molar-refractivity contribution in [2.75, 3.05) is 26.7 Å². The Morgan fingerprint density at radius 2 is 2.26 bits per heavy atom. The second-order valence-corrected chi connectivity index (χ2v) is 5.32. The normalized spacial score (nSPS) is 16.5. The van der Waals surface area contributed by atoms with Gasteiger partial charge in [0.25, 0.3) is 0 Å². The van der Waals surface area contributed by atoms with Gasteiger partial charge in [0.05, 0.1) is 6.54 Å². The highest BCUT2D eigenvalue weighted by molar-refractivity contribution is 5.75. The molecule has 5 heteroatoms. The van der Waals surface area contributed by atoms with Crippen LogP contribution in [0.15, 0.2) is 18.5 Å². The Balaban J connectivity index is 1.64. The molecule has 0 radical (unpaired) electrons. The van der Waals surface area contributed by atoms with E-state index in [0.29, 0.717) is 6.42 Å². The van der Waals surface area contributed by atoms with Crippen molar-refractivity contribution in [2.24, 2.45) is 5.92 Å². The molecular weight excluding hydrogens is 240 g/mol. The first kappa shape index (κ1) is 14.1. The largest absolute Gasteiger partial charge is 0.344 e. The summed E-state index contributed by atoms with van der Waals surface area (Å²) in [6.45, 7) is 3.71. The van der Waals surface area contributed by atoms with E-state index < -0.39 is 0 Å². The van der Waals surface area contributed by atoms with Crippen molar-refractivity contribution < 1.29 is 4.79 Å². The molecule has 0 spiro atoms. The molecule has 1 aliphatic heterocycles. The minimum absolute atomic E-state index is 0.255. The molecule has 0 aromatic carbocycles. The van der Waals surface area contributed by atoms with Crippen molar-refractivity contribution in [3.05, 3.63) is 18.5 Å². The molecule has 106 valence electrons. The smallest absolute Gasteiger partial charge is 0.222 e. The summed E-state index contributed by atoms with van der Waals surface area (Å²) < 4.78 is 1.86.